The molecule has 1 saturated carbocycles. The number of thiazole rings is 1. The lowest BCUT2D eigenvalue weighted by molar-refractivity contribution is 0.121. The highest BCUT2D eigenvalue weighted by Crippen LogP contribution is 2.37. The fraction of sp³-hybridized carbons (Fsp3) is 0.765. The van der Waals surface area contributed by atoms with Crippen LogP contribution in [-0.4, -0.2) is 35.3 Å². The van der Waals surface area contributed by atoms with Crippen molar-refractivity contribution in [2.45, 2.75) is 64.8 Å². The van der Waals surface area contributed by atoms with E-state index in [1.54, 1.807) is 11.3 Å². The first-order chi connectivity index (χ1) is 10.7. The molecule has 0 radical (unpaired) electrons. The maximum atomic E-state index is 12.0. The molecular formula is C17H29N3O2S. The minimum absolute atomic E-state index is 0.0549. The van der Waals surface area contributed by atoms with Crippen LogP contribution in [0.3, 0.4) is 0 Å². The van der Waals surface area contributed by atoms with Gasteiger partial charge in [0.1, 0.15) is 0 Å². The number of hydrogen-bond acceptors (Lipinski definition) is 4. The first-order valence-corrected chi connectivity index (χ1v) is 9.23. The van der Waals surface area contributed by atoms with Crippen molar-refractivity contribution in [2.24, 2.45) is 5.41 Å². The van der Waals surface area contributed by atoms with Gasteiger partial charge < -0.3 is 15.7 Å². The lowest BCUT2D eigenvalue weighted by atomic mass is 9.86. The van der Waals surface area contributed by atoms with Crippen LogP contribution in [0.4, 0.5) is 4.79 Å². The second kappa shape index (κ2) is 7.18. The van der Waals surface area contributed by atoms with Crippen LogP contribution in [0.5, 0.6) is 0 Å². The van der Waals surface area contributed by atoms with Gasteiger partial charge in [0.05, 0.1) is 17.3 Å². The Kier molecular flexibility index (Phi) is 5.68. The molecule has 0 aromatic carbocycles. The fourth-order valence-corrected chi connectivity index (χ4v) is 3.89. The fourth-order valence-electron chi connectivity index (χ4n) is 2.95. The Bertz CT molecular complexity index is 538. The van der Waals surface area contributed by atoms with Gasteiger partial charge in [-0.25, -0.2) is 9.78 Å². The van der Waals surface area contributed by atoms with Crippen LogP contribution in [0.2, 0.25) is 0 Å². The Morgan fingerprint density at radius 1 is 1.52 bits per heavy atom. The minimum atomic E-state index is -0.187. The van der Waals surface area contributed by atoms with E-state index in [1.165, 1.54) is 0 Å². The molecule has 23 heavy (non-hydrogen) atoms. The van der Waals surface area contributed by atoms with Crippen LogP contribution < -0.4 is 10.6 Å². The van der Waals surface area contributed by atoms with E-state index in [-0.39, 0.29) is 29.5 Å². The van der Waals surface area contributed by atoms with Crippen molar-refractivity contribution in [2.75, 3.05) is 13.2 Å². The molecular weight excluding hydrogens is 310 g/mol. The first-order valence-electron chi connectivity index (χ1n) is 8.35. The Morgan fingerprint density at radius 3 is 2.87 bits per heavy atom. The predicted molar refractivity (Wildman–Crippen MR) is 93.9 cm³/mol. The SMILES string of the molecule is CC(C)(C)c1nc(CCNC(=O)NC2CCCC2(C)CO)cs1. The third-order valence-corrected chi connectivity index (χ3v) is 5.93. The van der Waals surface area contributed by atoms with Crippen LogP contribution in [0.1, 0.15) is 57.7 Å². The van der Waals surface area contributed by atoms with Crippen LogP contribution in [0.15, 0.2) is 5.38 Å². The number of urea groups is 1. The van der Waals surface area contributed by atoms with Crippen LogP contribution in [0.25, 0.3) is 0 Å². The van der Waals surface area contributed by atoms with Crippen molar-refractivity contribution in [3.63, 3.8) is 0 Å². The van der Waals surface area contributed by atoms with Crippen molar-refractivity contribution >= 4 is 17.4 Å². The van der Waals surface area contributed by atoms with E-state index in [0.717, 1.165) is 36.4 Å². The highest BCUT2D eigenvalue weighted by Gasteiger charge is 2.39. The van der Waals surface area contributed by atoms with Gasteiger partial charge in [0.15, 0.2) is 0 Å². The molecule has 6 heteroatoms. The molecule has 2 atom stereocenters. The molecule has 2 rings (SSSR count). The van der Waals surface area contributed by atoms with Crippen molar-refractivity contribution in [3.05, 3.63) is 16.1 Å². The van der Waals surface area contributed by atoms with E-state index in [9.17, 15) is 9.90 Å². The van der Waals surface area contributed by atoms with Gasteiger partial charge in [-0.05, 0) is 12.8 Å². The average molecular weight is 340 g/mol. The van der Waals surface area contributed by atoms with E-state index in [1.807, 2.05) is 6.92 Å². The summed E-state index contributed by atoms with van der Waals surface area (Å²) < 4.78 is 0. The first kappa shape index (κ1) is 18.2. The van der Waals surface area contributed by atoms with Gasteiger partial charge in [-0.2, -0.15) is 0 Å². The Balaban J connectivity index is 1.76. The summed E-state index contributed by atoms with van der Waals surface area (Å²) in [6.07, 6.45) is 3.69. The molecule has 130 valence electrons. The zero-order chi connectivity index (χ0) is 17.1. The topological polar surface area (TPSA) is 74.2 Å². The molecule has 1 fully saturated rings. The maximum Gasteiger partial charge on any atom is 0.315 e. The monoisotopic (exact) mass is 339 g/mol. The molecule has 0 bridgehead atoms. The van der Waals surface area contributed by atoms with Gasteiger partial charge in [0, 0.05) is 35.2 Å². The van der Waals surface area contributed by atoms with E-state index < -0.39 is 0 Å². The molecule has 1 aliphatic rings. The molecule has 0 aliphatic heterocycles. The number of rotatable bonds is 5. The van der Waals surface area contributed by atoms with Gasteiger partial charge >= 0.3 is 6.03 Å². The molecule has 0 saturated heterocycles. The Hall–Kier alpha value is -1.14. The molecule has 2 unspecified atom stereocenters. The normalized spacial score (nSPS) is 24.7. The van der Waals surface area contributed by atoms with E-state index in [2.05, 4.69) is 41.8 Å². The number of carbonyl (C=O) groups is 1. The molecule has 0 spiro atoms. The second-order valence-electron chi connectivity index (χ2n) is 7.80. The Labute approximate surface area is 142 Å². The third-order valence-electron chi connectivity index (χ3n) is 4.61. The van der Waals surface area contributed by atoms with E-state index in [4.69, 9.17) is 0 Å². The summed E-state index contributed by atoms with van der Waals surface area (Å²) in [7, 11) is 0. The summed E-state index contributed by atoms with van der Waals surface area (Å²) in [5.41, 5.74) is 0.917. The molecule has 1 heterocycles. The van der Waals surface area contributed by atoms with Gasteiger partial charge in [-0.15, -0.1) is 11.3 Å². The number of aliphatic hydroxyl groups is 1. The summed E-state index contributed by atoms with van der Waals surface area (Å²) in [4.78, 5) is 16.7. The van der Waals surface area contributed by atoms with Crippen molar-refractivity contribution < 1.29 is 9.90 Å². The number of carbonyl (C=O) groups excluding carboxylic acids is 1. The second-order valence-corrected chi connectivity index (χ2v) is 8.66. The summed E-state index contributed by atoms with van der Waals surface area (Å²) in [6, 6.07) is -0.0953. The van der Waals surface area contributed by atoms with E-state index >= 15 is 0 Å². The maximum absolute atomic E-state index is 12.0. The minimum Gasteiger partial charge on any atom is -0.396 e. The predicted octanol–water partition coefficient (Wildman–Crippen LogP) is 2.83. The molecule has 2 amide bonds. The number of amides is 2. The summed E-state index contributed by atoms with van der Waals surface area (Å²) >= 11 is 1.68. The van der Waals surface area contributed by atoms with Crippen molar-refractivity contribution in [1.29, 1.82) is 0 Å². The zero-order valence-corrected chi connectivity index (χ0v) is 15.4. The Morgan fingerprint density at radius 2 is 2.26 bits per heavy atom. The number of hydrogen-bond donors (Lipinski definition) is 3. The lowest BCUT2D eigenvalue weighted by Gasteiger charge is -2.30. The van der Waals surface area contributed by atoms with Gasteiger partial charge in [-0.3, -0.25) is 0 Å². The zero-order valence-electron chi connectivity index (χ0n) is 14.6. The number of nitrogens with zero attached hydrogens (tertiary/aromatic N) is 1. The smallest absolute Gasteiger partial charge is 0.315 e. The van der Waals surface area contributed by atoms with Crippen molar-refractivity contribution in [3.8, 4) is 0 Å². The summed E-state index contributed by atoms with van der Waals surface area (Å²) in [6.45, 7) is 9.19. The van der Waals surface area contributed by atoms with Gasteiger partial charge in [-0.1, -0.05) is 34.1 Å². The summed E-state index contributed by atoms with van der Waals surface area (Å²) in [5, 5.41) is 18.6. The van der Waals surface area contributed by atoms with Crippen LogP contribution in [-0.2, 0) is 11.8 Å². The highest BCUT2D eigenvalue weighted by atomic mass is 32.1. The largest absolute Gasteiger partial charge is 0.396 e. The van der Waals surface area contributed by atoms with Crippen molar-refractivity contribution in [1.82, 2.24) is 15.6 Å². The highest BCUT2D eigenvalue weighted by molar-refractivity contribution is 7.09. The third kappa shape index (κ3) is 4.67. The molecule has 1 aliphatic carbocycles. The quantitative estimate of drug-likeness (QED) is 0.772. The molecule has 1 aromatic heterocycles. The standard InChI is InChI=1S/C17H29N3O2S/c1-16(2,3)14-19-12(10-23-14)7-9-18-15(22)20-13-6-5-8-17(13,4)11-21/h10,13,21H,5-9,11H2,1-4H3,(H2,18,20,22). The van der Waals surface area contributed by atoms with Crippen LogP contribution >= 0.6 is 11.3 Å². The van der Waals surface area contributed by atoms with Gasteiger partial charge in [0.25, 0.3) is 0 Å². The van der Waals surface area contributed by atoms with Gasteiger partial charge in [0.2, 0.25) is 0 Å². The summed E-state index contributed by atoms with van der Waals surface area (Å²) in [5.74, 6) is 0. The number of aliphatic hydroxyl groups excluding tert-OH is 1. The molecule has 3 N–H and O–H groups in total. The number of aromatic nitrogens is 1. The van der Waals surface area contributed by atoms with Crippen LogP contribution in [0, 0.1) is 5.41 Å². The molecule has 1 aromatic rings. The average Bonchev–Trinajstić information content (AvgIpc) is 3.07. The number of nitrogens with one attached hydrogen (secondary N) is 2. The van der Waals surface area contributed by atoms with E-state index in [0.29, 0.717) is 6.54 Å². The molecule has 5 nitrogen and oxygen atoms in total. The lowest BCUT2D eigenvalue weighted by Crippen LogP contribution is -2.48.